The summed E-state index contributed by atoms with van der Waals surface area (Å²) in [5.41, 5.74) is 3.62. The van der Waals surface area contributed by atoms with Crippen LogP contribution in [0, 0.1) is 0 Å². The Balaban J connectivity index is 2.52. The second-order valence-corrected chi connectivity index (χ2v) is 3.31. The van der Waals surface area contributed by atoms with Crippen LogP contribution in [0.25, 0.3) is 0 Å². The van der Waals surface area contributed by atoms with Crippen LogP contribution in [0.4, 0.5) is 11.5 Å². The first-order chi connectivity index (χ1) is 7.27. The van der Waals surface area contributed by atoms with Gasteiger partial charge in [-0.3, -0.25) is 0 Å². The van der Waals surface area contributed by atoms with E-state index in [0.29, 0.717) is 5.82 Å². The van der Waals surface area contributed by atoms with Crippen LogP contribution in [0.15, 0.2) is 18.3 Å². The molecule has 0 saturated carbocycles. The Bertz CT molecular complexity index is 293. The Hall–Kier alpha value is -1.33. The maximum absolute atomic E-state index is 5.29. The van der Waals surface area contributed by atoms with Crippen molar-refractivity contribution in [1.82, 2.24) is 4.98 Å². The zero-order chi connectivity index (χ0) is 11.1. The molecule has 0 atom stereocenters. The molecule has 1 aromatic heterocycles. The Morgan fingerprint density at radius 3 is 3.07 bits per heavy atom. The van der Waals surface area contributed by atoms with Gasteiger partial charge in [0.25, 0.3) is 0 Å². The van der Waals surface area contributed by atoms with Crippen LogP contribution < -0.4 is 16.2 Å². The highest BCUT2D eigenvalue weighted by molar-refractivity contribution is 5.52. The van der Waals surface area contributed by atoms with Gasteiger partial charge < -0.3 is 15.1 Å². The quantitative estimate of drug-likeness (QED) is 0.414. The number of anilines is 2. The second kappa shape index (κ2) is 6.21. The number of nitrogens with one attached hydrogen (secondary N) is 1. The van der Waals surface area contributed by atoms with Gasteiger partial charge >= 0.3 is 0 Å². The Morgan fingerprint density at radius 1 is 1.60 bits per heavy atom. The smallest absolute Gasteiger partial charge is 0.141 e. The molecule has 0 bridgehead atoms. The summed E-state index contributed by atoms with van der Waals surface area (Å²) in [5.74, 6) is 5.96. The fourth-order valence-electron chi connectivity index (χ4n) is 1.31. The maximum Gasteiger partial charge on any atom is 0.141 e. The molecule has 1 rings (SSSR count). The van der Waals surface area contributed by atoms with E-state index in [0.717, 1.165) is 25.3 Å². The molecule has 3 N–H and O–H groups in total. The van der Waals surface area contributed by atoms with Crippen molar-refractivity contribution in [2.45, 2.75) is 6.42 Å². The predicted molar refractivity (Wildman–Crippen MR) is 61.8 cm³/mol. The average molecular weight is 210 g/mol. The molecule has 0 fully saturated rings. The van der Waals surface area contributed by atoms with Gasteiger partial charge in [0.1, 0.15) is 5.82 Å². The number of hydrogen-bond acceptors (Lipinski definition) is 5. The van der Waals surface area contributed by atoms with Gasteiger partial charge in [-0.2, -0.15) is 0 Å². The van der Waals surface area contributed by atoms with Crippen molar-refractivity contribution < 1.29 is 4.74 Å². The van der Waals surface area contributed by atoms with Crippen LogP contribution in [-0.2, 0) is 4.74 Å². The lowest BCUT2D eigenvalue weighted by atomic mass is 10.3. The molecule has 1 aromatic rings. The number of hydrazine groups is 1. The van der Waals surface area contributed by atoms with Gasteiger partial charge in [-0.1, -0.05) is 0 Å². The highest BCUT2D eigenvalue weighted by Gasteiger charge is 2.01. The van der Waals surface area contributed by atoms with E-state index >= 15 is 0 Å². The van der Waals surface area contributed by atoms with Gasteiger partial charge in [0.05, 0.1) is 0 Å². The largest absolute Gasteiger partial charge is 0.385 e. The summed E-state index contributed by atoms with van der Waals surface area (Å²) in [6, 6.07) is 3.86. The number of pyridine rings is 1. The Kier molecular flexibility index (Phi) is 4.86. The SMILES string of the molecule is COCCCN(C)c1ccnc(NN)c1. The standard InChI is InChI=1S/C10H18N4O/c1-14(6-3-7-15-2)9-4-5-12-10(8-9)13-11/h4-5,8H,3,6-7,11H2,1-2H3,(H,12,13). The fraction of sp³-hybridized carbons (Fsp3) is 0.500. The van der Waals surface area contributed by atoms with E-state index in [1.807, 2.05) is 19.2 Å². The monoisotopic (exact) mass is 210 g/mol. The number of ether oxygens (including phenoxy) is 1. The molecule has 0 aliphatic carbocycles. The second-order valence-electron chi connectivity index (χ2n) is 3.31. The highest BCUT2D eigenvalue weighted by atomic mass is 16.5. The zero-order valence-electron chi connectivity index (χ0n) is 9.23. The lowest BCUT2D eigenvalue weighted by Gasteiger charge is -2.19. The number of nitrogen functional groups attached to an aromatic ring is 1. The number of aromatic nitrogens is 1. The zero-order valence-corrected chi connectivity index (χ0v) is 9.23. The molecule has 0 aliphatic heterocycles. The molecule has 0 saturated heterocycles. The number of nitrogens with zero attached hydrogens (tertiary/aromatic N) is 2. The highest BCUT2D eigenvalue weighted by Crippen LogP contribution is 2.15. The lowest BCUT2D eigenvalue weighted by Crippen LogP contribution is -2.20. The van der Waals surface area contributed by atoms with Gasteiger partial charge in [-0.05, 0) is 12.5 Å². The van der Waals surface area contributed by atoms with Crippen molar-refractivity contribution in [1.29, 1.82) is 0 Å². The molecule has 5 heteroatoms. The summed E-state index contributed by atoms with van der Waals surface area (Å²) in [5, 5.41) is 0. The summed E-state index contributed by atoms with van der Waals surface area (Å²) in [4.78, 5) is 6.19. The third-order valence-electron chi connectivity index (χ3n) is 2.17. The number of nitrogens with two attached hydrogens (primary N) is 1. The first-order valence-electron chi connectivity index (χ1n) is 4.90. The molecule has 0 aliphatic rings. The summed E-state index contributed by atoms with van der Waals surface area (Å²) in [7, 11) is 3.74. The third-order valence-corrected chi connectivity index (χ3v) is 2.17. The van der Waals surface area contributed by atoms with Crippen molar-refractivity contribution in [3.8, 4) is 0 Å². The van der Waals surface area contributed by atoms with Crippen molar-refractivity contribution in [3.63, 3.8) is 0 Å². The molecular weight excluding hydrogens is 192 g/mol. The molecule has 0 unspecified atom stereocenters. The molecular formula is C10H18N4O. The topological polar surface area (TPSA) is 63.4 Å². The molecule has 1 heterocycles. The number of methoxy groups -OCH3 is 1. The van der Waals surface area contributed by atoms with Crippen molar-refractivity contribution >= 4 is 11.5 Å². The summed E-state index contributed by atoms with van der Waals surface area (Å²) in [6.45, 7) is 1.72. The summed E-state index contributed by atoms with van der Waals surface area (Å²) < 4.78 is 5.00. The van der Waals surface area contributed by atoms with Crippen molar-refractivity contribution in [2.75, 3.05) is 37.6 Å². The van der Waals surface area contributed by atoms with Gasteiger partial charge in [-0.25, -0.2) is 10.8 Å². The normalized spacial score (nSPS) is 10.1. The van der Waals surface area contributed by atoms with Crippen molar-refractivity contribution in [3.05, 3.63) is 18.3 Å². The lowest BCUT2D eigenvalue weighted by molar-refractivity contribution is 0.196. The first kappa shape index (κ1) is 11.7. The summed E-state index contributed by atoms with van der Waals surface area (Å²) >= 11 is 0. The molecule has 0 aromatic carbocycles. The van der Waals surface area contributed by atoms with Crippen LogP contribution in [0.1, 0.15) is 6.42 Å². The van der Waals surface area contributed by atoms with Crippen LogP contribution in [-0.4, -0.2) is 32.3 Å². The molecule has 84 valence electrons. The predicted octanol–water partition coefficient (Wildman–Crippen LogP) is 0.840. The van der Waals surface area contributed by atoms with E-state index in [1.165, 1.54) is 0 Å². The Morgan fingerprint density at radius 2 is 2.40 bits per heavy atom. The van der Waals surface area contributed by atoms with Gasteiger partial charge in [0.15, 0.2) is 0 Å². The van der Waals surface area contributed by atoms with Gasteiger partial charge in [-0.15, -0.1) is 0 Å². The van der Waals surface area contributed by atoms with Crippen LogP contribution >= 0.6 is 0 Å². The van der Waals surface area contributed by atoms with Crippen LogP contribution in [0.5, 0.6) is 0 Å². The minimum absolute atomic E-state index is 0.672. The minimum Gasteiger partial charge on any atom is -0.385 e. The average Bonchev–Trinajstić information content (AvgIpc) is 2.29. The third kappa shape index (κ3) is 3.73. The van der Waals surface area contributed by atoms with E-state index in [-0.39, 0.29) is 0 Å². The van der Waals surface area contributed by atoms with E-state index in [4.69, 9.17) is 10.6 Å². The molecule has 5 nitrogen and oxygen atoms in total. The van der Waals surface area contributed by atoms with Crippen molar-refractivity contribution in [2.24, 2.45) is 5.84 Å². The van der Waals surface area contributed by atoms with E-state index in [1.54, 1.807) is 13.3 Å². The fourth-order valence-corrected chi connectivity index (χ4v) is 1.31. The molecule has 0 spiro atoms. The van der Waals surface area contributed by atoms with Crippen LogP contribution in [0.3, 0.4) is 0 Å². The van der Waals surface area contributed by atoms with E-state index < -0.39 is 0 Å². The first-order valence-corrected chi connectivity index (χ1v) is 4.90. The van der Waals surface area contributed by atoms with Gasteiger partial charge in [0, 0.05) is 45.3 Å². The number of hydrogen-bond donors (Lipinski definition) is 2. The molecule has 15 heavy (non-hydrogen) atoms. The molecule has 0 amide bonds. The van der Waals surface area contributed by atoms with Crippen LogP contribution in [0.2, 0.25) is 0 Å². The number of rotatable bonds is 6. The Labute approximate surface area is 90.2 Å². The minimum atomic E-state index is 0.672. The van der Waals surface area contributed by atoms with E-state index in [2.05, 4.69) is 15.3 Å². The maximum atomic E-state index is 5.29. The van der Waals surface area contributed by atoms with E-state index in [9.17, 15) is 0 Å². The molecule has 0 radical (unpaired) electrons. The summed E-state index contributed by atoms with van der Waals surface area (Å²) in [6.07, 6.45) is 2.73. The van der Waals surface area contributed by atoms with Gasteiger partial charge in [0.2, 0.25) is 0 Å².